The summed E-state index contributed by atoms with van der Waals surface area (Å²) in [6.07, 6.45) is 2.95. The zero-order valence-electron chi connectivity index (χ0n) is 10.3. The van der Waals surface area contributed by atoms with Crippen molar-refractivity contribution >= 4 is 12.1 Å². The maximum atomic E-state index is 11.6. The number of nitrogens with one attached hydrogen (secondary N) is 1. The Bertz CT molecular complexity index is 497. The van der Waals surface area contributed by atoms with Gasteiger partial charge in [-0.05, 0) is 5.56 Å². The van der Waals surface area contributed by atoms with Crippen molar-refractivity contribution in [2.75, 3.05) is 14.1 Å². The van der Waals surface area contributed by atoms with Gasteiger partial charge in [0.2, 0.25) is 0 Å². The van der Waals surface area contributed by atoms with E-state index < -0.39 is 5.91 Å². The molecule has 1 aromatic rings. The summed E-state index contributed by atoms with van der Waals surface area (Å²) < 4.78 is 0. The standard InChI is InChI=1S/C13H14N4O/c1-17(2)10-12(8-14)13(18)16-15-9-11-6-4-3-5-7-11/h3-7,9-10H,1-2H3,(H,16,18)/b12-10+,15-9+. The van der Waals surface area contributed by atoms with Crippen LogP contribution in [-0.2, 0) is 4.79 Å². The molecule has 5 heteroatoms. The topological polar surface area (TPSA) is 68.5 Å². The number of hydrogen-bond acceptors (Lipinski definition) is 4. The predicted molar refractivity (Wildman–Crippen MR) is 69.6 cm³/mol. The van der Waals surface area contributed by atoms with Gasteiger partial charge in [-0.15, -0.1) is 0 Å². The molecule has 0 saturated carbocycles. The third kappa shape index (κ3) is 4.49. The number of amides is 1. The van der Waals surface area contributed by atoms with Gasteiger partial charge in [0.05, 0.1) is 6.21 Å². The Kier molecular flexibility index (Phi) is 5.13. The predicted octanol–water partition coefficient (Wildman–Crippen LogP) is 1.11. The molecule has 0 atom stereocenters. The molecule has 0 aromatic heterocycles. The lowest BCUT2D eigenvalue weighted by molar-refractivity contribution is -0.117. The van der Waals surface area contributed by atoms with Gasteiger partial charge in [0.25, 0.3) is 5.91 Å². The van der Waals surface area contributed by atoms with E-state index in [0.717, 1.165) is 5.56 Å². The molecule has 0 aliphatic carbocycles. The number of hydrogen-bond donors (Lipinski definition) is 1. The van der Waals surface area contributed by atoms with E-state index in [-0.39, 0.29) is 5.57 Å². The van der Waals surface area contributed by atoms with Crippen molar-refractivity contribution < 1.29 is 4.79 Å². The van der Waals surface area contributed by atoms with Gasteiger partial charge < -0.3 is 4.90 Å². The highest BCUT2D eigenvalue weighted by Gasteiger charge is 2.07. The average molecular weight is 242 g/mol. The number of carbonyl (C=O) groups is 1. The first-order valence-corrected chi connectivity index (χ1v) is 5.30. The first kappa shape index (κ1) is 13.5. The molecule has 1 amide bonds. The summed E-state index contributed by atoms with van der Waals surface area (Å²) in [5.41, 5.74) is 3.17. The van der Waals surface area contributed by atoms with Crippen LogP contribution in [0.2, 0.25) is 0 Å². The highest BCUT2D eigenvalue weighted by molar-refractivity contribution is 5.97. The van der Waals surface area contributed by atoms with Crippen LogP contribution < -0.4 is 5.43 Å². The summed E-state index contributed by atoms with van der Waals surface area (Å²) in [7, 11) is 3.47. The minimum absolute atomic E-state index is 0.00483. The molecular formula is C13H14N4O. The Hall–Kier alpha value is -2.61. The van der Waals surface area contributed by atoms with E-state index in [1.54, 1.807) is 19.0 Å². The van der Waals surface area contributed by atoms with Crippen LogP contribution in [0.25, 0.3) is 0 Å². The smallest absolute Gasteiger partial charge is 0.283 e. The molecule has 0 aliphatic heterocycles. The largest absolute Gasteiger partial charge is 0.382 e. The molecule has 0 aliphatic rings. The van der Waals surface area contributed by atoms with Crippen LogP contribution in [0.4, 0.5) is 0 Å². The SMILES string of the molecule is CN(C)/C=C(\C#N)C(=O)N/N=C/c1ccccc1. The quantitative estimate of drug-likeness (QED) is 0.372. The van der Waals surface area contributed by atoms with E-state index in [2.05, 4.69) is 10.5 Å². The molecule has 1 aromatic carbocycles. The molecule has 0 fully saturated rings. The van der Waals surface area contributed by atoms with Crippen molar-refractivity contribution in [3.8, 4) is 6.07 Å². The summed E-state index contributed by atoms with van der Waals surface area (Å²) in [6.45, 7) is 0. The molecular weight excluding hydrogens is 228 g/mol. The lowest BCUT2D eigenvalue weighted by Crippen LogP contribution is -2.20. The number of benzene rings is 1. The van der Waals surface area contributed by atoms with Crippen LogP contribution >= 0.6 is 0 Å². The zero-order chi connectivity index (χ0) is 13.4. The summed E-state index contributed by atoms with van der Waals surface area (Å²) >= 11 is 0. The molecule has 0 radical (unpaired) electrons. The third-order valence-corrected chi connectivity index (χ3v) is 1.93. The van der Waals surface area contributed by atoms with Gasteiger partial charge in [0, 0.05) is 20.3 Å². The lowest BCUT2D eigenvalue weighted by atomic mass is 10.2. The Morgan fingerprint density at radius 1 is 1.39 bits per heavy atom. The van der Waals surface area contributed by atoms with Crippen LogP contribution in [0, 0.1) is 11.3 Å². The fourth-order valence-electron chi connectivity index (χ4n) is 1.16. The number of nitriles is 1. The number of hydrazone groups is 1. The van der Waals surface area contributed by atoms with Crippen molar-refractivity contribution in [2.24, 2.45) is 5.10 Å². The number of rotatable bonds is 4. The normalized spacial score (nSPS) is 11.1. The van der Waals surface area contributed by atoms with E-state index in [4.69, 9.17) is 5.26 Å². The summed E-state index contributed by atoms with van der Waals surface area (Å²) in [6, 6.07) is 11.2. The van der Waals surface area contributed by atoms with Crippen LogP contribution in [0.3, 0.4) is 0 Å². The Labute approximate surface area is 106 Å². The summed E-state index contributed by atoms with van der Waals surface area (Å²) in [5, 5.41) is 12.6. The van der Waals surface area contributed by atoms with E-state index in [1.807, 2.05) is 36.4 Å². The lowest BCUT2D eigenvalue weighted by Gasteiger charge is -2.05. The molecule has 0 unspecified atom stereocenters. The van der Waals surface area contributed by atoms with Crippen molar-refractivity contribution in [1.82, 2.24) is 10.3 Å². The van der Waals surface area contributed by atoms with Gasteiger partial charge in [-0.2, -0.15) is 10.4 Å². The maximum absolute atomic E-state index is 11.6. The summed E-state index contributed by atoms with van der Waals surface area (Å²) in [5.74, 6) is -0.529. The Morgan fingerprint density at radius 3 is 2.61 bits per heavy atom. The van der Waals surface area contributed by atoms with Gasteiger partial charge in [0.1, 0.15) is 11.6 Å². The van der Waals surface area contributed by atoms with Gasteiger partial charge in [-0.25, -0.2) is 5.43 Å². The van der Waals surface area contributed by atoms with Gasteiger partial charge in [-0.1, -0.05) is 30.3 Å². The van der Waals surface area contributed by atoms with Gasteiger partial charge in [-0.3, -0.25) is 4.79 Å². The molecule has 0 spiro atoms. The van der Waals surface area contributed by atoms with E-state index in [9.17, 15) is 4.79 Å². The van der Waals surface area contributed by atoms with Crippen molar-refractivity contribution in [1.29, 1.82) is 5.26 Å². The van der Waals surface area contributed by atoms with Crippen molar-refractivity contribution in [2.45, 2.75) is 0 Å². The van der Waals surface area contributed by atoms with Crippen LogP contribution in [0.1, 0.15) is 5.56 Å². The second-order valence-electron chi connectivity index (χ2n) is 3.73. The molecule has 1 N–H and O–H groups in total. The number of carbonyl (C=O) groups excluding carboxylic acids is 1. The highest BCUT2D eigenvalue weighted by Crippen LogP contribution is 1.95. The van der Waals surface area contributed by atoms with Gasteiger partial charge >= 0.3 is 0 Å². The molecule has 0 saturated heterocycles. The first-order valence-electron chi connectivity index (χ1n) is 5.30. The molecule has 5 nitrogen and oxygen atoms in total. The highest BCUT2D eigenvalue weighted by atomic mass is 16.2. The second kappa shape index (κ2) is 6.86. The van der Waals surface area contributed by atoms with E-state index in [1.165, 1.54) is 12.4 Å². The minimum Gasteiger partial charge on any atom is -0.382 e. The van der Waals surface area contributed by atoms with Crippen LogP contribution in [0.15, 0.2) is 47.2 Å². The molecule has 0 heterocycles. The third-order valence-electron chi connectivity index (χ3n) is 1.93. The molecule has 18 heavy (non-hydrogen) atoms. The Balaban J connectivity index is 2.61. The monoisotopic (exact) mass is 242 g/mol. The second-order valence-corrected chi connectivity index (χ2v) is 3.73. The molecule has 1 rings (SSSR count). The fraction of sp³-hybridized carbons (Fsp3) is 0.154. The van der Waals surface area contributed by atoms with Crippen molar-refractivity contribution in [3.05, 3.63) is 47.7 Å². The first-order chi connectivity index (χ1) is 8.63. The van der Waals surface area contributed by atoms with Crippen LogP contribution in [0.5, 0.6) is 0 Å². The summed E-state index contributed by atoms with van der Waals surface area (Å²) in [4.78, 5) is 13.2. The molecule has 0 bridgehead atoms. The minimum atomic E-state index is -0.529. The van der Waals surface area contributed by atoms with Crippen LogP contribution in [-0.4, -0.2) is 31.1 Å². The average Bonchev–Trinajstić information content (AvgIpc) is 2.36. The van der Waals surface area contributed by atoms with E-state index >= 15 is 0 Å². The molecule has 92 valence electrons. The zero-order valence-corrected chi connectivity index (χ0v) is 10.3. The van der Waals surface area contributed by atoms with Gasteiger partial charge in [0.15, 0.2) is 0 Å². The Morgan fingerprint density at radius 2 is 2.06 bits per heavy atom. The van der Waals surface area contributed by atoms with E-state index in [0.29, 0.717) is 0 Å². The number of nitrogens with zero attached hydrogens (tertiary/aromatic N) is 3. The fourth-order valence-corrected chi connectivity index (χ4v) is 1.16. The van der Waals surface area contributed by atoms with Crippen molar-refractivity contribution in [3.63, 3.8) is 0 Å². The maximum Gasteiger partial charge on any atom is 0.283 e.